The number of carbonyl (C=O) groups excluding carboxylic acids is 2. The van der Waals surface area contributed by atoms with Crippen LogP contribution in [0, 0.1) is 15.9 Å². The summed E-state index contributed by atoms with van der Waals surface area (Å²) in [6.45, 7) is 0. The number of carbonyl (C=O) groups is 2. The molecule has 9 nitrogen and oxygen atoms in total. The number of hydrogen-bond donors (Lipinski definition) is 2. The van der Waals surface area contributed by atoms with Gasteiger partial charge in [0.15, 0.2) is 4.34 Å². The average molecular weight is 433 g/mol. The van der Waals surface area contributed by atoms with Gasteiger partial charge in [0.05, 0.1) is 10.7 Å². The largest absolute Gasteiger partial charge is 0.325 e. The molecular formula is C17H12FN5O4S2. The lowest BCUT2D eigenvalue weighted by atomic mass is 10.2. The third kappa shape index (κ3) is 5.80. The van der Waals surface area contributed by atoms with Crippen LogP contribution >= 0.6 is 23.1 Å². The van der Waals surface area contributed by atoms with Crippen LogP contribution in [0.5, 0.6) is 0 Å². The maximum atomic E-state index is 12.9. The van der Waals surface area contributed by atoms with Gasteiger partial charge >= 0.3 is 0 Å². The molecule has 29 heavy (non-hydrogen) atoms. The summed E-state index contributed by atoms with van der Waals surface area (Å²) in [5.74, 6) is -1.22. The molecule has 2 aromatic carbocycles. The summed E-state index contributed by atoms with van der Waals surface area (Å²) < 4.78 is 13.3. The maximum Gasteiger partial charge on any atom is 0.270 e. The first kappa shape index (κ1) is 20.4. The number of amides is 2. The standard InChI is InChI=1S/C17H12FN5O4S2/c18-11-4-6-12(7-5-11)19-14(24)9-28-17-22-21-16(29-17)20-15(25)10-2-1-3-13(8-10)23(26)27/h1-8H,9H2,(H,19,24)(H,20,21,25). The zero-order valence-corrected chi connectivity index (χ0v) is 16.1. The lowest BCUT2D eigenvalue weighted by Crippen LogP contribution is -2.13. The van der Waals surface area contributed by atoms with Gasteiger partial charge in [-0.1, -0.05) is 29.2 Å². The number of hydrogen-bond acceptors (Lipinski definition) is 8. The third-order valence-electron chi connectivity index (χ3n) is 3.40. The zero-order valence-electron chi connectivity index (χ0n) is 14.5. The number of nitrogens with one attached hydrogen (secondary N) is 2. The van der Waals surface area contributed by atoms with Gasteiger partial charge in [-0.05, 0) is 30.3 Å². The van der Waals surface area contributed by atoms with Crippen molar-refractivity contribution < 1.29 is 18.9 Å². The van der Waals surface area contributed by atoms with Crippen LogP contribution in [0.15, 0.2) is 52.9 Å². The molecule has 1 heterocycles. The molecule has 148 valence electrons. The Bertz CT molecular complexity index is 1060. The monoisotopic (exact) mass is 433 g/mol. The molecule has 0 aliphatic rings. The van der Waals surface area contributed by atoms with E-state index in [4.69, 9.17) is 0 Å². The Morgan fingerprint density at radius 2 is 1.90 bits per heavy atom. The Balaban J connectivity index is 1.53. The lowest BCUT2D eigenvalue weighted by Gasteiger charge is -2.03. The van der Waals surface area contributed by atoms with Crippen molar-refractivity contribution in [2.45, 2.75) is 4.34 Å². The van der Waals surface area contributed by atoms with Crippen LogP contribution in [0.4, 0.5) is 20.9 Å². The molecule has 2 N–H and O–H groups in total. The van der Waals surface area contributed by atoms with Crippen molar-refractivity contribution in [1.82, 2.24) is 10.2 Å². The molecule has 3 rings (SSSR count). The van der Waals surface area contributed by atoms with E-state index in [1.54, 1.807) is 0 Å². The molecule has 0 spiro atoms. The van der Waals surface area contributed by atoms with E-state index in [1.807, 2.05) is 0 Å². The fraction of sp³-hybridized carbons (Fsp3) is 0.0588. The molecule has 0 fully saturated rings. The molecule has 0 unspecified atom stereocenters. The van der Waals surface area contributed by atoms with Crippen molar-refractivity contribution in [2.24, 2.45) is 0 Å². The normalized spacial score (nSPS) is 10.4. The first-order valence-corrected chi connectivity index (χ1v) is 9.78. The van der Waals surface area contributed by atoms with Crippen LogP contribution < -0.4 is 10.6 Å². The van der Waals surface area contributed by atoms with E-state index in [0.717, 1.165) is 29.2 Å². The molecule has 1 aromatic heterocycles. The first-order valence-electron chi connectivity index (χ1n) is 7.98. The minimum Gasteiger partial charge on any atom is -0.325 e. The fourth-order valence-corrected chi connectivity index (χ4v) is 3.65. The van der Waals surface area contributed by atoms with Crippen molar-refractivity contribution in [3.05, 3.63) is 70.0 Å². The Kier molecular flexibility index (Phi) is 6.46. The Morgan fingerprint density at radius 1 is 1.14 bits per heavy atom. The summed E-state index contributed by atoms with van der Waals surface area (Å²) in [6, 6.07) is 10.7. The summed E-state index contributed by atoms with van der Waals surface area (Å²) in [5, 5.41) is 23.8. The number of non-ortho nitro benzene ring substituents is 1. The van der Waals surface area contributed by atoms with Crippen LogP contribution in [0.2, 0.25) is 0 Å². The molecule has 0 atom stereocenters. The van der Waals surface area contributed by atoms with Gasteiger partial charge in [0, 0.05) is 23.4 Å². The average Bonchev–Trinajstić information content (AvgIpc) is 3.15. The van der Waals surface area contributed by atoms with Gasteiger partial charge < -0.3 is 5.32 Å². The van der Waals surface area contributed by atoms with Crippen molar-refractivity contribution in [1.29, 1.82) is 0 Å². The van der Waals surface area contributed by atoms with E-state index in [0.29, 0.717) is 10.0 Å². The van der Waals surface area contributed by atoms with Crippen LogP contribution in [-0.4, -0.2) is 32.7 Å². The summed E-state index contributed by atoms with van der Waals surface area (Å²) in [5.41, 5.74) is 0.389. The second-order valence-electron chi connectivity index (χ2n) is 5.48. The fourth-order valence-electron chi connectivity index (χ4n) is 2.11. The van der Waals surface area contributed by atoms with Crippen LogP contribution in [0.1, 0.15) is 10.4 Å². The van der Waals surface area contributed by atoms with Crippen LogP contribution in [0.25, 0.3) is 0 Å². The number of anilines is 2. The topological polar surface area (TPSA) is 127 Å². The van der Waals surface area contributed by atoms with Gasteiger partial charge in [-0.15, -0.1) is 10.2 Å². The Labute approximate surface area is 171 Å². The Morgan fingerprint density at radius 3 is 2.62 bits per heavy atom. The van der Waals surface area contributed by atoms with Gasteiger partial charge in [0.2, 0.25) is 11.0 Å². The van der Waals surface area contributed by atoms with Crippen molar-refractivity contribution >= 4 is 51.4 Å². The number of benzene rings is 2. The number of aromatic nitrogens is 2. The zero-order chi connectivity index (χ0) is 20.8. The SMILES string of the molecule is O=C(CSc1nnc(NC(=O)c2cccc([N+](=O)[O-])c2)s1)Nc1ccc(F)cc1. The minimum absolute atomic E-state index is 0.0465. The number of halogens is 1. The molecule has 0 saturated heterocycles. The van der Waals surface area contributed by atoms with E-state index < -0.39 is 16.6 Å². The van der Waals surface area contributed by atoms with Gasteiger partial charge in [-0.2, -0.15) is 0 Å². The molecule has 2 amide bonds. The van der Waals surface area contributed by atoms with E-state index in [2.05, 4.69) is 20.8 Å². The van der Waals surface area contributed by atoms with E-state index in [-0.39, 0.29) is 28.0 Å². The van der Waals surface area contributed by atoms with Gasteiger partial charge in [0.25, 0.3) is 11.6 Å². The third-order valence-corrected chi connectivity index (χ3v) is 5.37. The number of nitrogens with zero attached hydrogens (tertiary/aromatic N) is 3. The van der Waals surface area contributed by atoms with Crippen LogP contribution in [-0.2, 0) is 4.79 Å². The van der Waals surface area contributed by atoms with Gasteiger partial charge in [-0.25, -0.2) is 4.39 Å². The molecule has 0 aliphatic heterocycles. The van der Waals surface area contributed by atoms with Crippen molar-refractivity contribution in [3.63, 3.8) is 0 Å². The molecule has 12 heteroatoms. The second kappa shape index (κ2) is 9.21. The number of nitro groups is 1. The van der Waals surface area contributed by atoms with Gasteiger partial charge in [-0.3, -0.25) is 25.0 Å². The predicted molar refractivity (Wildman–Crippen MR) is 107 cm³/mol. The number of thioether (sulfide) groups is 1. The minimum atomic E-state index is -0.590. The number of nitro benzene ring substituents is 1. The molecule has 0 radical (unpaired) electrons. The maximum absolute atomic E-state index is 12.9. The van der Waals surface area contributed by atoms with E-state index >= 15 is 0 Å². The van der Waals surface area contributed by atoms with E-state index in [9.17, 15) is 24.1 Å². The highest BCUT2D eigenvalue weighted by Crippen LogP contribution is 2.26. The highest BCUT2D eigenvalue weighted by atomic mass is 32.2. The Hall–Kier alpha value is -3.38. The van der Waals surface area contributed by atoms with E-state index in [1.165, 1.54) is 42.5 Å². The summed E-state index contributed by atoms with van der Waals surface area (Å²) >= 11 is 2.18. The lowest BCUT2D eigenvalue weighted by molar-refractivity contribution is -0.384. The van der Waals surface area contributed by atoms with Gasteiger partial charge in [0.1, 0.15) is 5.82 Å². The predicted octanol–water partition coefficient (Wildman–Crippen LogP) is 3.57. The molecular weight excluding hydrogens is 421 g/mol. The first-order chi connectivity index (χ1) is 13.9. The summed E-state index contributed by atoms with van der Waals surface area (Å²) in [4.78, 5) is 34.3. The molecule has 0 bridgehead atoms. The van der Waals surface area contributed by atoms with Crippen LogP contribution in [0.3, 0.4) is 0 Å². The second-order valence-corrected chi connectivity index (χ2v) is 7.68. The quantitative estimate of drug-likeness (QED) is 0.252. The molecule has 3 aromatic rings. The molecule has 0 saturated carbocycles. The summed E-state index contributed by atoms with van der Waals surface area (Å²) in [6.07, 6.45) is 0. The highest BCUT2D eigenvalue weighted by molar-refractivity contribution is 8.01. The van der Waals surface area contributed by atoms with Crippen molar-refractivity contribution in [3.8, 4) is 0 Å². The number of rotatable bonds is 7. The van der Waals surface area contributed by atoms with Crippen molar-refractivity contribution in [2.75, 3.05) is 16.4 Å². The smallest absolute Gasteiger partial charge is 0.270 e. The molecule has 0 aliphatic carbocycles. The summed E-state index contributed by atoms with van der Waals surface area (Å²) in [7, 11) is 0. The highest BCUT2D eigenvalue weighted by Gasteiger charge is 2.14.